The van der Waals surface area contributed by atoms with E-state index >= 15 is 0 Å². The van der Waals surface area contributed by atoms with Gasteiger partial charge in [0.05, 0.1) is 11.2 Å². The predicted molar refractivity (Wildman–Crippen MR) is 73.3 cm³/mol. The molecule has 0 fully saturated rings. The highest BCUT2D eigenvalue weighted by atomic mass is 16.5. The lowest BCUT2D eigenvalue weighted by Crippen LogP contribution is -2.40. The van der Waals surface area contributed by atoms with Gasteiger partial charge in [-0.25, -0.2) is 0 Å². The van der Waals surface area contributed by atoms with E-state index in [1.165, 1.54) is 0 Å². The largest absolute Gasteiger partial charge is 0.399 e. The average molecular weight is 251 g/mol. The number of rotatable bonds is 5. The van der Waals surface area contributed by atoms with Gasteiger partial charge in [0.1, 0.15) is 0 Å². The molecule has 0 bridgehead atoms. The first-order valence-corrected chi connectivity index (χ1v) is 5.93. The Morgan fingerprint density at radius 3 is 2.61 bits per heavy atom. The zero-order valence-electron chi connectivity index (χ0n) is 11.1. The quantitative estimate of drug-likeness (QED) is 0.690. The summed E-state index contributed by atoms with van der Waals surface area (Å²) in [6, 6.07) is 4.84. The van der Waals surface area contributed by atoms with Gasteiger partial charge in [0, 0.05) is 24.5 Å². The maximum atomic E-state index is 11.9. The third kappa shape index (κ3) is 3.92. The molecule has 0 aliphatic carbocycles. The summed E-state index contributed by atoms with van der Waals surface area (Å²) in [6.45, 7) is 6.78. The van der Waals surface area contributed by atoms with E-state index in [4.69, 9.17) is 16.2 Å². The van der Waals surface area contributed by atoms with Crippen molar-refractivity contribution in [2.24, 2.45) is 0 Å². The maximum absolute atomic E-state index is 11.9. The van der Waals surface area contributed by atoms with Crippen molar-refractivity contribution in [2.75, 3.05) is 24.6 Å². The van der Waals surface area contributed by atoms with Gasteiger partial charge in [-0.05, 0) is 39.0 Å². The number of nitrogens with one attached hydrogen (secondary N) is 1. The van der Waals surface area contributed by atoms with Gasteiger partial charge in [0.15, 0.2) is 0 Å². The molecule has 18 heavy (non-hydrogen) atoms. The van der Waals surface area contributed by atoms with Crippen molar-refractivity contribution in [3.8, 4) is 0 Å². The molecule has 0 saturated carbocycles. The first-order valence-electron chi connectivity index (χ1n) is 5.93. The van der Waals surface area contributed by atoms with Crippen LogP contribution in [0.1, 0.15) is 31.1 Å². The number of carbonyl (C=O) groups is 1. The summed E-state index contributed by atoms with van der Waals surface area (Å²) in [4.78, 5) is 11.9. The summed E-state index contributed by atoms with van der Waals surface area (Å²) in [5.74, 6) is -0.222. The Balaban J connectivity index is 2.66. The van der Waals surface area contributed by atoms with E-state index in [0.29, 0.717) is 30.1 Å². The van der Waals surface area contributed by atoms with Crippen molar-refractivity contribution in [2.45, 2.75) is 26.4 Å². The van der Waals surface area contributed by atoms with Crippen LogP contribution in [0.2, 0.25) is 0 Å². The molecule has 5 heteroatoms. The van der Waals surface area contributed by atoms with Gasteiger partial charge in [-0.2, -0.15) is 0 Å². The van der Waals surface area contributed by atoms with Crippen LogP contribution >= 0.6 is 0 Å². The Kier molecular flexibility index (Phi) is 4.55. The highest BCUT2D eigenvalue weighted by Gasteiger charge is 2.19. The van der Waals surface area contributed by atoms with E-state index in [2.05, 4.69) is 5.32 Å². The predicted octanol–water partition coefficient (Wildman–Crippen LogP) is 1.40. The lowest BCUT2D eigenvalue weighted by molar-refractivity contribution is -0.00814. The van der Waals surface area contributed by atoms with Gasteiger partial charge < -0.3 is 21.5 Å². The van der Waals surface area contributed by atoms with E-state index in [-0.39, 0.29) is 5.91 Å². The molecular weight excluding hydrogens is 230 g/mol. The lowest BCUT2D eigenvalue weighted by Gasteiger charge is -2.25. The Morgan fingerprint density at radius 1 is 1.39 bits per heavy atom. The minimum atomic E-state index is -0.396. The number of ether oxygens (including phenoxy) is 1. The van der Waals surface area contributed by atoms with Crippen LogP contribution in [0, 0.1) is 0 Å². The highest BCUT2D eigenvalue weighted by Crippen LogP contribution is 2.16. The van der Waals surface area contributed by atoms with Gasteiger partial charge in [0.25, 0.3) is 5.91 Å². The molecule has 1 aromatic carbocycles. The standard InChI is InChI=1S/C13H21N3O2/c1-4-18-13(2,3)8-16-12(17)10-6-5-9(14)7-11(10)15/h5-7H,4,8,14-15H2,1-3H3,(H,16,17). The van der Waals surface area contributed by atoms with Crippen LogP contribution in [0.15, 0.2) is 18.2 Å². The second-order valence-electron chi connectivity index (χ2n) is 4.72. The molecule has 100 valence electrons. The topological polar surface area (TPSA) is 90.4 Å². The molecule has 0 aliphatic heterocycles. The SMILES string of the molecule is CCOC(C)(C)CNC(=O)c1ccc(N)cc1N. The molecule has 0 aromatic heterocycles. The fourth-order valence-corrected chi connectivity index (χ4v) is 1.62. The van der Waals surface area contributed by atoms with Gasteiger partial charge in [-0.1, -0.05) is 0 Å². The lowest BCUT2D eigenvalue weighted by atomic mass is 10.1. The molecule has 0 spiro atoms. The van der Waals surface area contributed by atoms with E-state index in [0.717, 1.165) is 0 Å². The third-order valence-corrected chi connectivity index (χ3v) is 2.53. The summed E-state index contributed by atoms with van der Waals surface area (Å²) in [5.41, 5.74) is 12.3. The number of benzene rings is 1. The number of amides is 1. The molecule has 5 N–H and O–H groups in total. The Labute approximate surface area is 107 Å². The van der Waals surface area contributed by atoms with Crippen LogP contribution in [0.5, 0.6) is 0 Å². The monoisotopic (exact) mass is 251 g/mol. The van der Waals surface area contributed by atoms with Gasteiger partial charge in [-0.15, -0.1) is 0 Å². The summed E-state index contributed by atoms with van der Waals surface area (Å²) >= 11 is 0. The molecular formula is C13H21N3O2. The number of anilines is 2. The minimum Gasteiger partial charge on any atom is -0.399 e. The first-order chi connectivity index (χ1) is 8.35. The fourth-order valence-electron chi connectivity index (χ4n) is 1.62. The van der Waals surface area contributed by atoms with Crippen LogP contribution in [-0.2, 0) is 4.74 Å². The number of hydrogen-bond donors (Lipinski definition) is 3. The van der Waals surface area contributed by atoms with E-state index in [9.17, 15) is 4.79 Å². The second kappa shape index (κ2) is 5.73. The molecule has 0 aliphatic rings. The second-order valence-corrected chi connectivity index (χ2v) is 4.72. The zero-order chi connectivity index (χ0) is 13.8. The van der Waals surface area contributed by atoms with Crippen molar-refractivity contribution >= 4 is 17.3 Å². The van der Waals surface area contributed by atoms with E-state index in [1.54, 1.807) is 18.2 Å². The first kappa shape index (κ1) is 14.3. The molecule has 0 saturated heterocycles. The van der Waals surface area contributed by atoms with Crippen LogP contribution in [-0.4, -0.2) is 24.7 Å². The molecule has 0 atom stereocenters. The summed E-state index contributed by atoms with van der Waals surface area (Å²) in [5, 5.41) is 2.80. The summed E-state index contributed by atoms with van der Waals surface area (Å²) < 4.78 is 5.50. The molecule has 0 radical (unpaired) electrons. The Morgan fingerprint density at radius 2 is 2.06 bits per heavy atom. The smallest absolute Gasteiger partial charge is 0.253 e. The Hall–Kier alpha value is -1.75. The summed E-state index contributed by atoms with van der Waals surface area (Å²) in [7, 11) is 0. The van der Waals surface area contributed by atoms with Crippen LogP contribution < -0.4 is 16.8 Å². The number of carbonyl (C=O) groups excluding carboxylic acids is 1. The van der Waals surface area contributed by atoms with Gasteiger partial charge >= 0.3 is 0 Å². The van der Waals surface area contributed by atoms with Crippen molar-refractivity contribution in [3.63, 3.8) is 0 Å². The van der Waals surface area contributed by atoms with Crippen molar-refractivity contribution in [3.05, 3.63) is 23.8 Å². The van der Waals surface area contributed by atoms with Crippen LogP contribution in [0.4, 0.5) is 11.4 Å². The van der Waals surface area contributed by atoms with Crippen LogP contribution in [0.3, 0.4) is 0 Å². The third-order valence-electron chi connectivity index (χ3n) is 2.53. The maximum Gasteiger partial charge on any atom is 0.253 e. The zero-order valence-corrected chi connectivity index (χ0v) is 11.1. The van der Waals surface area contributed by atoms with E-state index < -0.39 is 5.60 Å². The molecule has 1 amide bonds. The van der Waals surface area contributed by atoms with Crippen molar-refractivity contribution in [1.29, 1.82) is 0 Å². The average Bonchev–Trinajstić information content (AvgIpc) is 2.26. The van der Waals surface area contributed by atoms with Crippen LogP contribution in [0.25, 0.3) is 0 Å². The molecule has 1 rings (SSSR count). The Bertz CT molecular complexity index is 430. The highest BCUT2D eigenvalue weighted by molar-refractivity contribution is 5.99. The fraction of sp³-hybridized carbons (Fsp3) is 0.462. The summed E-state index contributed by atoms with van der Waals surface area (Å²) in [6.07, 6.45) is 0. The molecule has 0 unspecified atom stereocenters. The number of nitrogen functional groups attached to an aromatic ring is 2. The van der Waals surface area contributed by atoms with Gasteiger partial charge in [-0.3, -0.25) is 4.79 Å². The normalized spacial score (nSPS) is 11.3. The molecule has 5 nitrogen and oxygen atoms in total. The van der Waals surface area contributed by atoms with Crippen molar-refractivity contribution < 1.29 is 9.53 Å². The minimum absolute atomic E-state index is 0.222. The number of nitrogens with two attached hydrogens (primary N) is 2. The van der Waals surface area contributed by atoms with Gasteiger partial charge in [0.2, 0.25) is 0 Å². The number of hydrogen-bond acceptors (Lipinski definition) is 4. The molecule has 1 aromatic rings. The van der Waals surface area contributed by atoms with Crippen molar-refractivity contribution in [1.82, 2.24) is 5.32 Å². The van der Waals surface area contributed by atoms with E-state index in [1.807, 2.05) is 20.8 Å². The molecule has 0 heterocycles.